The van der Waals surface area contributed by atoms with Crippen molar-refractivity contribution >= 4 is 66.0 Å². The summed E-state index contributed by atoms with van der Waals surface area (Å²) in [7, 11) is -3.99. The summed E-state index contributed by atoms with van der Waals surface area (Å²) in [4.78, 5) is 19.6. The number of amides is 1. The fourth-order valence-electron chi connectivity index (χ4n) is 6.50. The fraction of sp³-hybridized carbons (Fsp3) is 0.469. The minimum atomic E-state index is -3.99. The predicted molar refractivity (Wildman–Crippen MR) is 179 cm³/mol. The van der Waals surface area contributed by atoms with E-state index in [4.69, 9.17) is 27.7 Å². The largest absolute Gasteiger partial charge is 0.360 e. The molecule has 7 rings (SSSR count). The van der Waals surface area contributed by atoms with E-state index in [0.717, 1.165) is 99.5 Å². The first-order valence-corrected chi connectivity index (χ1v) is 18.8. The van der Waals surface area contributed by atoms with Gasteiger partial charge in [0, 0.05) is 48.8 Å². The molecule has 0 spiro atoms. The standard InChI is InChI=1S/C32H34Cl2FN5O4S2/c33-23-5-4-6-24(34)27(23)28-22(30(44-37-28)20-8-9-20)10-7-19-11-15-39(16-12-19)32-36-29-25(35)17-21(18-26(29)45-32)31(41)38-46(42,43)40-13-2-1-3-14-40/h4-6,17-20H,1-3,7-16H2,(H,38,41). The van der Waals surface area contributed by atoms with Crippen LogP contribution in [0.25, 0.3) is 21.5 Å². The number of hydrogen-bond acceptors (Lipinski definition) is 8. The van der Waals surface area contributed by atoms with Gasteiger partial charge in [0.15, 0.2) is 10.9 Å². The molecule has 9 nitrogen and oxygen atoms in total. The Balaban J connectivity index is 1.01. The van der Waals surface area contributed by atoms with Crippen LogP contribution in [0.3, 0.4) is 0 Å². The molecule has 0 radical (unpaired) electrons. The number of thiazole rings is 1. The Kier molecular flexibility index (Phi) is 9.01. The number of carbonyl (C=O) groups excluding carboxylic acids is 1. The van der Waals surface area contributed by atoms with Gasteiger partial charge >= 0.3 is 10.2 Å². The average Bonchev–Trinajstić information content (AvgIpc) is 3.66. The molecule has 2 aromatic carbocycles. The van der Waals surface area contributed by atoms with Crippen LogP contribution in [0.1, 0.15) is 79.0 Å². The van der Waals surface area contributed by atoms with Crippen molar-refractivity contribution in [2.45, 2.75) is 63.7 Å². The number of anilines is 1. The van der Waals surface area contributed by atoms with E-state index in [2.05, 4.69) is 19.8 Å². The lowest BCUT2D eigenvalue weighted by Gasteiger charge is -2.31. The molecule has 0 unspecified atom stereocenters. The van der Waals surface area contributed by atoms with Gasteiger partial charge in [-0.25, -0.2) is 14.1 Å². The van der Waals surface area contributed by atoms with E-state index in [1.54, 1.807) is 0 Å². The fourth-order valence-corrected chi connectivity index (χ4v) is 9.37. The number of nitrogens with zero attached hydrogens (tertiary/aromatic N) is 4. The third kappa shape index (κ3) is 6.51. The van der Waals surface area contributed by atoms with E-state index in [9.17, 15) is 13.2 Å². The van der Waals surface area contributed by atoms with Gasteiger partial charge in [-0.15, -0.1) is 0 Å². The molecule has 0 bridgehead atoms. The number of hydrogen-bond donors (Lipinski definition) is 1. The van der Waals surface area contributed by atoms with Crippen molar-refractivity contribution in [1.82, 2.24) is 19.2 Å². The normalized spacial score (nSPS) is 18.4. The maximum absolute atomic E-state index is 15.1. The Morgan fingerprint density at radius 1 is 1.04 bits per heavy atom. The molecular formula is C32H34Cl2FN5O4S2. The lowest BCUT2D eigenvalue weighted by atomic mass is 9.89. The number of fused-ring (bicyclic) bond motifs is 1. The van der Waals surface area contributed by atoms with Crippen LogP contribution >= 0.6 is 34.5 Å². The molecule has 1 amide bonds. The highest BCUT2D eigenvalue weighted by Gasteiger charge is 2.34. The summed E-state index contributed by atoms with van der Waals surface area (Å²) in [6.07, 6.45) is 8.35. The molecule has 244 valence electrons. The monoisotopic (exact) mass is 705 g/mol. The van der Waals surface area contributed by atoms with Gasteiger partial charge in [-0.1, -0.05) is 52.2 Å². The Bertz CT molecular complexity index is 1860. The molecule has 2 aliphatic heterocycles. The third-order valence-corrected chi connectivity index (χ3v) is 12.4. The zero-order valence-corrected chi connectivity index (χ0v) is 28.3. The molecule has 1 aliphatic carbocycles. The summed E-state index contributed by atoms with van der Waals surface area (Å²) in [6, 6.07) is 8.04. The summed E-state index contributed by atoms with van der Waals surface area (Å²) in [5.74, 6) is 0.349. The van der Waals surface area contributed by atoms with Gasteiger partial charge in [-0.05, 0) is 81.5 Å². The minimum Gasteiger partial charge on any atom is -0.360 e. The van der Waals surface area contributed by atoms with Gasteiger partial charge in [0.2, 0.25) is 0 Å². The highest BCUT2D eigenvalue weighted by molar-refractivity contribution is 7.87. The van der Waals surface area contributed by atoms with Crippen LogP contribution in [0.2, 0.25) is 10.0 Å². The van der Waals surface area contributed by atoms with Gasteiger partial charge in [-0.2, -0.15) is 12.7 Å². The van der Waals surface area contributed by atoms with E-state index >= 15 is 4.39 Å². The summed E-state index contributed by atoms with van der Waals surface area (Å²) in [6.45, 7) is 2.28. The molecule has 1 saturated carbocycles. The van der Waals surface area contributed by atoms with Crippen LogP contribution in [-0.2, 0) is 16.6 Å². The van der Waals surface area contributed by atoms with E-state index in [1.165, 1.54) is 21.7 Å². The first-order chi connectivity index (χ1) is 22.2. The second-order valence-electron chi connectivity index (χ2n) is 12.4. The van der Waals surface area contributed by atoms with Gasteiger partial charge in [0.25, 0.3) is 5.91 Å². The number of nitrogens with one attached hydrogen (secondary N) is 1. The smallest absolute Gasteiger partial charge is 0.304 e. The van der Waals surface area contributed by atoms with Crippen LogP contribution in [0, 0.1) is 11.7 Å². The maximum Gasteiger partial charge on any atom is 0.304 e. The summed E-state index contributed by atoms with van der Waals surface area (Å²) < 4.78 is 50.2. The number of carbonyl (C=O) groups is 1. The maximum atomic E-state index is 15.1. The molecule has 0 atom stereocenters. The zero-order valence-electron chi connectivity index (χ0n) is 25.1. The van der Waals surface area contributed by atoms with Crippen LogP contribution in [0.15, 0.2) is 34.9 Å². The lowest BCUT2D eigenvalue weighted by Crippen LogP contribution is -2.45. The molecule has 14 heteroatoms. The number of aromatic nitrogens is 2. The molecule has 3 fully saturated rings. The van der Waals surface area contributed by atoms with Crippen molar-refractivity contribution in [3.63, 3.8) is 0 Å². The molecule has 4 aromatic rings. The van der Waals surface area contributed by atoms with Crippen molar-refractivity contribution in [2.24, 2.45) is 5.92 Å². The van der Waals surface area contributed by atoms with Gasteiger partial charge in [0.05, 0.1) is 14.7 Å². The molecule has 1 N–H and O–H groups in total. The van der Waals surface area contributed by atoms with E-state index in [1.807, 2.05) is 18.2 Å². The topological polar surface area (TPSA) is 109 Å². The Morgan fingerprint density at radius 2 is 1.76 bits per heavy atom. The Hall–Kier alpha value is -2.77. The molecule has 2 aromatic heterocycles. The van der Waals surface area contributed by atoms with Gasteiger partial charge < -0.3 is 9.42 Å². The van der Waals surface area contributed by atoms with Gasteiger partial charge in [0.1, 0.15) is 17.0 Å². The van der Waals surface area contributed by atoms with Crippen molar-refractivity contribution < 1.29 is 22.1 Å². The van der Waals surface area contributed by atoms with E-state index in [-0.39, 0.29) is 11.1 Å². The molecule has 3 aliphatic rings. The van der Waals surface area contributed by atoms with Crippen LogP contribution in [0.5, 0.6) is 0 Å². The number of halogens is 3. The molecule has 2 saturated heterocycles. The van der Waals surface area contributed by atoms with Crippen molar-refractivity contribution in [1.29, 1.82) is 0 Å². The highest BCUT2D eigenvalue weighted by Crippen LogP contribution is 2.46. The number of benzene rings is 2. The average molecular weight is 707 g/mol. The van der Waals surface area contributed by atoms with Crippen molar-refractivity contribution in [3.8, 4) is 11.3 Å². The van der Waals surface area contributed by atoms with Gasteiger partial charge in [-0.3, -0.25) is 4.79 Å². The Labute approximate surface area is 281 Å². The zero-order chi connectivity index (χ0) is 32.0. The summed E-state index contributed by atoms with van der Waals surface area (Å²) in [5.41, 5.74) is 2.70. The second kappa shape index (κ2) is 13.0. The first kappa shape index (κ1) is 31.8. The highest BCUT2D eigenvalue weighted by atomic mass is 35.5. The molecule has 4 heterocycles. The quantitative estimate of drug-likeness (QED) is 0.191. The lowest BCUT2D eigenvalue weighted by molar-refractivity contribution is 0.0978. The predicted octanol–water partition coefficient (Wildman–Crippen LogP) is 7.58. The van der Waals surface area contributed by atoms with Crippen LogP contribution in [-0.4, -0.2) is 54.9 Å². The SMILES string of the molecule is O=C(NS(=O)(=O)N1CCCCC1)c1cc(F)c2nc(N3CCC(CCc4c(-c5c(Cl)cccc5Cl)noc4C4CC4)CC3)sc2c1. The van der Waals surface area contributed by atoms with E-state index < -0.39 is 21.9 Å². The third-order valence-electron chi connectivity index (χ3n) is 9.23. The number of rotatable bonds is 9. The summed E-state index contributed by atoms with van der Waals surface area (Å²) >= 11 is 14.4. The Morgan fingerprint density at radius 3 is 2.46 bits per heavy atom. The number of piperidine rings is 2. The van der Waals surface area contributed by atoms with Crippen LogP contribution < -0.4 is 9.62 Å². The molecule has 46 heavy (non-hydrogen) atoms. The first-order valence-electron chi connectivity index (χ1n) is 15.8. The second-order valence-corrected chi connectivity index (χ2v) is 15.9. The van der Waals surface area contributed by atoms with Crippen LogP contribution in [0.4, 0.5) is 9.52 Å². The van der Waals surface area contributed by atoms with Crippen molar-refractivity contribution in [3.05, 3.63) is 63.1 Å². The summed E-state index contributed by atoms with van der Waals surface area (Å²) in [5, 5.41) is 6.22. The van der Waals surface area contributed by atoms with E-state index in [0.29, 0.717) is 44.8 Å². The van der Waals surface area contributed by atoms with Crippen molar-refractivity contribution in [2.75, 3.05) is 31.1 Å². The minimum absolute atomic E-state index is 0.0451. The molecular weight excluding hydrogens is 672 g/mol.